The van der Waals surface area contributed by atoms with E-state index >= 15 is 0 Å². The minimum absolute atomic E-state index is 0.00917. The molecule has 0 unspecified atom stereocenters. The van der Waals surface area contributed by atoms with Crippen LogP contribution in [-0.2, 0) is 0 Å². The number of hydrogen-bond acceptors (Lipinski definition) is 3. The third-order valence-electron chi connectivity index (χ3n) is 0.895. The largest absolute Gasteiger partial charge is 0.476 e. The van der Waals surface area contributed by atoms with Crippen LogP contribution in [-0.4, -0.2) is 16.1 Å². The van der Waals surface area contributed by atoms with Crippen LogP contribution < -0.4 is 0 Å². The molecule has 0 bridgehead atoms. The van der Waals surface area contributed by atoms with Gasteiger partial charge in [-0.2, -0.15) is 4.39 Å². The molecule has 0 aromatic carbocycles. The highest BCUT2D eigenvalue weighted by Gasteiger charge is 2.16. The van der Waals surface area contributed by atoms with Crippen molar-refractivity contribution in [1.29, 1.82) is 0 Å². The molecule has 0 saturated carbocycles. The topological polar surface area (TPSA) is 63.3 Å². The van der Waals surface area contributed by atoms with Crippen LogP contribution in [0.2, 0.25) is 0 Å². The molecular weight excluding hydrogens is 141 g/mol. The van der Waals surface area contributed by atoms with Gasteiger partial charge in [-0.05, 0) is 0 Å². The van der Waals surface area contributed by atoms with Crippen molar-refractivity contribution in [3.8, 4) is 0 Å². The lowest BCUT2D eigenvalue weighted by Crippen LogP contribution is -1.98. The molecule has 0 amide bonds. The Labute approximate surface area is 55.3 Å². The van der Waals surface area contributed by atoms with E-state index in [0.29, 0.717) is 0 Å². The van der Waals surface area contributed by atoms with Gasteiger partial charge >= 0.3 is 12.0 Å². The van der Waals surface area contributed by atoms with E-state index in [-0.39, 0.29) is 5.89 Å². The van der Waals surface area contributed by atoms with E-state index < -0.39 is 17.7 Å². The minimum Gasteiger partial charge on any atom is -0.476 e. The molecule has 1 aromatic rings. The molecule has 1 rings (SSSR count). The Morgan fingerprint density at radius 1 is 1.80 bits per heavy atom. The summed E-state index contributed by atoms with van der Waals surface area (Å²) in [5.41, 5.74) is -0.669. The first kappa shape index (κ1) is 6.73. The smallest absolute Gasteiger partial charge is 0.361 e. The van der Waals surface area contributed by atoms with Crippen molar-refractivity contribution < 1.29 is 18.7 Å². The van der Waals surface area contributed by atoms with E-state index in [0.717, 1.165) is 0 Å². The number of carboxylic acids is 1. The van der Waals surface area contributed by atoms with Crippen LogP contribution in [0.3, 0.4) is 0 Å². The quantitative estimate of drug-likeness (QED) is 0.635. The summed E-state index contributed by atoms with van der Waals surface area (Å²) in [7, 11) is 0. The van der Waals surface area contributed by atoms with Crippen LogP contribution in [0.15, 0.2) is 4.42 Å². The van der Waals surface area contributed by atoms with Gasteiger partial charge in [0.05, 0.1) is 0 Å². The van der Waals surface area contributed by atoms with Crippen LogP contribution in [0, 0.1) is 12.9 Å². The van der Waals surface area contributed by atoms with Gasteiger partial charge in [0.25, 0.3) is 0 Å². The standard InChI is InChI=1S/C5H4FNO3/c1-2-7-3(5(8)9)4(6)10-2/h1H3,(H,8,9). The summed E-state index contributed by atoms with van der Waals surface area (Å²) in [5.74, 6) is -1.41. The van der Waals surface area contributed by atoms with Gasteiger partial charge in [0.2, 0.25) is 5.69 Å². The first-order valence-corrected chi connectivity index (χ1v) is 2.47. The number of oxazole rings is 1. The molecule has 54 valence electrons. The van der Waals surface area contributed by atoms with E-state index in [1.54, 1.807) is 0 Å². The van der Waals surface area contributed by atoms with Crippen LogP contribution in [0.4, 0.5) is 4.39 Å². The summed E-state index contributed by atoms with van der Waals surface area (Å²) in [6, 6.07) is -1.15. The number of aryl methyl sites for hydroxylation is 1. The van der Waals surface area contributed by atoms with Crippen molar-refractivity contribution in [2.75, 3.05) is 0 Å². The molecule has 10 heavy (non-hydrogen) atoms. The predicted octanol–water partition coefficient (Wildman–Crippen LogP) is 0.820. The van der Waals surface area contributed by atoms with E-state index in [9.17, 15) is 9.18 Å². The molecule has 5 heteroatoms. The van der Waals surface area contributed by atoms with E-state index in [2.05, 4.69) is 9.40 Å². The number of aromatic nitrogens is 1. The summed E-state index contributed by atoms with van der Waals surface area (Å²) in [6.45, 7) is 1.37. The van der Waals surface area contributed by atoms with E-state index in [1.807, 2.05) is 0 Å². The van der Waals surface area contributed by atoms with Gasteiger partial charge in [0, 0.05) is 6.92 Å². The molecule has 0 aliphatic carbocycles. The Bertz CT molecular complexity index is 268. The molecular formula is C5H4FNO3. The third kappa shape index (κ3) is 0.975. The summed E-state index contributed by atoms with van der Waals surface area (Å²) < 4.78 is 16.5. The van der Waals surface area contributed by atoms with Crippen molar-refractivity contribution in [3.63, 3.8) is 0 Å². The molecule has 0 fully saturated rings. The Morgan fingerprint density at radius 3 is 2.60 bits per heavy atom. The van der Waals surface area contributed by atoms with Gasteiger partial charge in [-0.1, -0.05) is 0 Å². The Morgan fingerprint density at radius 2 is 2.40 bits per heavy atom. The van der Waals surface area contributed by atoms with Crippen molar-refractivity contribution in [2.24, 2.45) is 0 Å². The van der Waals surface area contributed by atoms with E-state index in [4.69, 9.17) is 5.11 Å². The summed E-state index contributed by atoms with van der Waals surface area (Å²) >= 11 is 0. The van der Waals surface area contributed by atoms with Gasteiger partial charge in [0.15, 0.2) is 5.89 Å². The van der Waals surface area contributed by atoms with Gasteiger partial charge in [0.1, 0.15) is 0 Å². The van der Waals surface area contributed by atoms with Crippen molar-refractivity contribution in [3.05, 3.63) is 17.6 Å². The molecule has 0 spiro atoms. The first-order valence-electron chi connectivity index (χ1n) is 2.47. The maximum atomic E-state index is 12.3. The van der Waals surface area contributed by atoms with E-state index in [1.165, 1.54) is 6.92 Å². The molecule has 0 aliphatic rings. The maximum absolute atomic E-state index is 12.3. The van der Waals surface area contributed by atoms with Gasteiger partial charge in [-0.3, -0.25) is 0 Å². The zero-order chi connectivity index (χ0) is 7.72. The van der Waals surface area contributed by atoms with Crippen molar-refractivity contribution in [2.45, 2.75) is 6.92 Å². The fraction of sp³-hybridized carbons (Fsp3) is 0.200. The highest BCUT2D eigenvalue weighted by atomic mass is 19.1. The average molecular weight is 145 g/mol. The lowest BCUT2D eigenvalue weighted by Gasteiger charge is -1.79. The normalized spacial score (nSPS) is 9.80. The highest BCUT2D eigenvalue weighted by Crippen LogP contribution is 2.06. The summed E-state index contributed by atoms with van der Waals surface area (Å²) in [4.78, 5) is 13.3. The zero-order valence-corrected chi connectivity index (χ0v) is 5.09. The number of carboxylic acid groups (broad SMARTS) is 1. The SMILES string of the molecule is Cc1nc(C(=O)O)c(F)o1. The maximum Gasteiger partial charge on any atom is 0.361 e. The lowest BCUT2D eigenvalue weighted by molar-refractivity contribution is 0.0682. The minimum atomic E-state index is -1.42. The number of hydrogen-bond donors (Lipinski definition) is 1. The molecule has 1 N–H and O–H groups in total. The van der Waals surface area contributed by atoms with Gasteiger partial charge < -0.3 is 9.52 Å². The number of nitrogens with zero attached hydrogens (tertiary/aromatic N) is 1. The number of halogens is 1. The molecule has 0 atom stereocenters. The molecule has 1 aromatic heterocycles. The molecule has 0 saturated heterocycles. The van der Waals surface area contributed by atoms with Gasteiger partial charge in [-0.25, -0.2) is 9.78 Å². The number of aromatic carboxylic acids is 1. The Balaban J connectivity index is 3.15. The lowest BCUT2D eigenvalue weighted by atomic mass is 10.5. The number of rotatable bonds is 1. The molecule has 1 heterocycles. The highest BCUT2D eigenvalue weighted by molar-refractivity contribution is 5.85. The summed E-state index contributed by atoms with van der Waals surface area (Å²) in [5, 5.41) is 8.22. The predicted molar refractivity (Wildman–Crippen MR) is 28.2 cm³/mol. The van der Waals surface area contributed by atoms with Crippen molar-refractivity contribution >= 4 is 5.97 Å². The second-order valence-electron chi connectivity index (χ2n) is 1.66. The zero-order valence-electron chi connectivity index (χ0n) is 5.09. The van der Waals surface area contributed by atoms with Gasteiger partial charge in [-0.15, -0.1) is 0 Å². The third-order valence-corrected chi connectivity index (χ3v) is 0.895. The van der Waals surface area contributed by atoms with Crippen LogP contribution in [0.1, 0.15) is 16.4 Å². The Kier molecular flexibility index (Phi) is 1.41. The van der Waals surface area contributed by atoms with Crippen molar-refractivity contribution in [1.82, 2.24) is 4.98 Å². The fourth-order valence-corrected chi connectivity index (χ4v) is 0.534. The molecule has 0 radical (unpaired) electrons. The van der Waals surface area contributed by atoms with Crippen LogP contribution >= 0.6 is 0 Å². The number of carbonyl (C=O) groups is 1. The Hall–Kier alpha value is -1.39. The second-order valence-corrected chi connectivity index (χ2v) is 1.66. The monoisotopic (exact) mass is 145 g/mol. The van der Waals surface area contributed by atoms with Crippen LogP contribution in [0.25, 0.3) is 0 Å². The molecule has 0 aliphatic heterocycles. The molecule has 4 nitrogen and oxygen atoms in total. The summed E-state index contributed by atoms with van der Waals surface area (Å²) in [6.07, 6.45) is 0. The average Bonchev–Trinajstić information content (AvgIpc) is 2.10. The van der Waals surface area contributed by atoms with Crippen LogP contribution in [0.5, 0.6) is 0 Å². The second kappa shape index (κ2) is 2.09. The first-order chi connectivity index (χ1) is 4.61. The fourth-order valence-electron chi connectivity index (χ4n) is 0.534.